The average Bonchev–Trinajstić information content (AvgIpc) is 2.61. The molecule has 0 spiro atoms. The Morgan fingerprint density at radius 3 is 2.62 bits per heavy atom. The number of nitrogens with zero attached hydrogens (tertiary/aromatic N) is 2. The van der Waals surface area contributed by atoms with E-state index in [-0.39, 0.29) is 40.1 Å². The molecule has 1 heterocycles. The van der Waals surface area contributed by atoms with Crippen LogP contribution < -0.4 is 0 Å². The number of alkyl halides is 3. The Morgan fingerprint density at radius 2 is 1.92 bits per heavy atom. The molecule has 0 aliphatic rings. The van der Waals surface area contributed by atoms with Gasteiger partial charge in [-0.25, -0.2) is 4.79 Å². The maximum Gasteiger partial charge on any atom is 0.416 e. The molecule has 134 valence electrons. The van der Waals surface area contributed by atoms with Gasteiger partial charge in [0.05, 0.1) is 28.9 Å². The molecular formula is C18H13F3N2O3. The second kappa shape index (κ2) is 6.62. The molecule has 2 aromatic carbocycles. The van der Waals surface area contributed by atoms with Crippen molar-refractivity contribution in [1.29, 1.82) is 0 Å². The van der Waals surface area contributed by atoms with E-state index in [4.69, 9.17) is 4.74 Å². The van der Waals surface area contributed by atoms with Crippen molar-refractivity contribution in [3.8, 4) is 17.0 Å². The Hall–Kier alpha value is -3.16. The summed E-state index contributed by atoms with van der Waals surface area (Å²) in [6.07, 6.45) is -4.48. The van der Waals surface area contributed by atoms with Gasteiger partial charge in [0.1, 0.15) is 5.75 Å². The minimum absolute atomic E-state index is 0.109. The third kappa shape index (κ3) is 3.44. The van der Waals surface area contributed by atoms with Gasteiger partial charge < -0.3 is 9.84 Å². The Labute approximate surface area is 146 Å². The second-order valence-corrected chi connectivity index (χ2v) is 5.46. The first-order valence-electron chi connectivity index (χ1n) is 7.65. The van der Waals surface area contributed by atoms with Gasteiger partial charge in [0, 0.05) is 10.9 Å². The lowest BCUT2D eigenvalue weighted by Gasteiger charge is -2.09. The van der Waals surface area contributed by atoms with E-state index >= 15 is 0 Å². The van der Waals surface area contributed by atoms with Gasteiger partial charge in [-0.05, 0) is 37.3 Å². The van der Waals surface area contributed by atoms with Gasteiger partial charge in [-0.2, -0.15) is 13.2 Å². The quantitative estimate of drug-likeness (QED) is 0.707. The number of carbonyl (C=O) groups excluding carboxylic acids is 1. The van der Waals surface area contributed by atoms with E-state index in [0.717, 1.165) is 12.1 Å². The molecule has 0 aliphatic heterocycles. The van der Waals surface area contributed by atoms with Crippen LogP contribution >= 0.6 is 0 Å². The largest absolute Gasteiger partial charge is 0.507 e. The molecule has 5 nitrogen and oxygen atoms in total. The van der Waals surface area contributed by atoms with Crippen LogP contribution in [0.4, 0.5) is 13.2 Å². The molecule has 0 saturated heterocycles. The standard InChI is InChI=1S/C18H13F3N2O3/c1-2-26-17(25)11-7-15-13(16(24)8-11)9-14(22-23-15)10-4-3-5-12(6-10)18(19,20)21/h3-9,24H,2H2,1H3. The second-order valence-electron chi connectivity index (χ2n) is 5.46. The number of benzene rings is 2. The predicted molar refractivity (Wildman–Crippen MR) is 87.6 cm³/mol. The molecule has 0 radical (unpaired) electrons. The van der Waals surface area contributed by atoms with Gasteiger partial charge in [0.15, 0.2) is 0 Å². The van der Waals surface area contributed by atoms with Crippen LogP contribution in [0.3, 0.4) is 0 Å². The van der Waals surface area contributed by atoms with Gasteiger partial charge in [-0.15, -0.1) is 10.2 Å². The number of phenolic OH excluding ortho intramolecular Hbond substituents is 1. The van der Waals surface area contributed by atoms with Crippen LogP contribution in [0.25, 0.3) is 22.2 Å². The molecule has 3 aromatic rings. The summed E-state index contributed by atoms with van der Waals surface area (Å²) in [6, 6.07) is 8.69. The first kappa shape index (κ1) is 17.7. The molecule has 26 heavy (non-hydrogen) atoms. The molecule has 0 aliphatic carbocycles. The number of phenols is 1. The number of carbonyl (C=O) groups is 1. The highest BCUT2D eigenvalue weighted by atomic mass is 19.4. The molecule has 0 unspecified atom stereocenters. The van der Waals surface area contributed by atoms with Crippen LogP contribution in [0.1, 0.15) is 22.8 Å². The number of esters is 1. The summed E-state index contributed by atoms with van der Waals surface area (Å²) in [7, 11) is 0. The summed E-state index contributed by atoms with van der Waals surface area (Å²) < 4.78 is 43.5. The molecular weight excluding hydrogens is 349 g/mol. The SMILES string of the molecule is CCOC(=O)c1cc(O)c2cc(-c3cccc(C(F)(F)F)c3)nnc2c1. The number of aromatic hydroxyl groups is 1. The zero-order valence-electron chi connectivity index (χ0n) is 13.5. The molecule has 0 amide bonds. The third-order valence-electron chi connectivity index (χ3n) is 3.68. The first-order valence-corrected chi connectivity index (χ1v) is 7.65. The lowest BCUT2D eigenvalue weighted by molar-refractivity contribution is -0.137. The Bertz CT molecular complexity index is 987. The fraction of sp³-hybridized carbons (Fsp3) is 0.167. The number of halogens is 3. The maximum atomic E-state index is 12.9. The van der Waals surface area contributed by atoms with Crippen molar-refractivity contribution in [3.05, 3.63) is 53.6 Å². The van der Waals surface area contributed by atoms with E-state index < -0.39 is 17.7 Å². The molecule has 1 N–H and O–H groups in total. The van der Waals surface area contributed by atoms with Gasteiger partial charge in [0.25, 0.3) is 0 Å². The molecule has 3 rings (SSSR count). The molecule has 0 fully saturated rings. The van der Waals surface area contributed by atoms with Gasteiger partial charge >= 0.3 is 12.1 Å². The summed E-state index contributed by atoms with van der Waals surface area (Å²) >= 11 is 0. The van der Waals surface area contributed by atoms with Crippen molar-refractivity contribution in [1.82, 2.24) is 10.2 Å². The van der Waals surface area contributed by atoms with Crippen molar-refractivity contribution in [3.63, 3.8) is 0 Å². The van der Waals surface area contributed by atoms with Crippen LogP contribution in [0.2, 0.25) is 0 Å². The highest BCUT2D eigenvalue weighted by molar-refractivity contribution is 5.97. The fourth-order valence-corrected chi connectivity index (χ4v) is 2.46. The van der Waals surface area contributed by atoms with E-state index in [1.165, 1.54) is 30.3 Å². The highest BCUT2D eigenvalue weighted by Gasteiger charge is 2.30. The van der Waals surface area contributed by atoms with Crippen LogP contribution in [0.5, 0.6) is 5.75 Å². The minimum Gasteiger partial charge on any atom is -0.507 e. The smallest absolute Gasteiger partial charge is 0.416 e. The molecule has 0 bridgehead atoms. The van der Waals surface area contributed by atoms with E-state index in [1.54, 1.807) is 6.92 Å². The molecule has 0 saturated carbocycles. The highest BCUT2D eigenvalue weighted by Crippen LogP contribution is 2.33. The van der Waals surface area contributed by atoms with Crippen LogP contribution in [-0.2, 0) is 10.9 Å². The lowest BCUT2D eigenvalue weighted by Crippen LogP contribution is -2.05. The minimum atomic E-state index is -4.48. The molecule has 1 aromatic heterocycles. The summed E-state index contributed by atoms with van der Waals surface area (Å²) in [5, 5.41) is 18.3. The first-order chi connectivity index (χ1) is 12.3. The summed E-state index contributed by atoms with van der Waals surface area (Å²) in [6.45, 7) is 1.83. The van der Waals surface area contributed by atoms with Crippen molar-refractivity contribution in [2.45, 2.75) is 13.1 Å². The summed E-state index contributed by atoms with van der Waals surface area (Å²) in [5.74, 6) is -0.859. The Morgan fingerprint density at radius 1 is 1.15 bits per heavy atom. The number of hydrogen-bond donors (Lipinski definition) is 1. The van der Waals surface area contributed by atoms with Crippen molar-refractivity contribution >= 4 is 16.9 Å². The van der Waals surface area contributed by atoms with E-state index in [0.29, 0.717) is 0 Å². The lowest BCUT2D eigenvalue weighted by atomic mass is 10.0. The topological polar surface area (TPSA) is 72.3 Å². The Kier molecular flexibility index (Phi) is 4.50. The van der Waals surface area contributed by atoms with Gasteiger partial charge in [-0.1, -0.05) is 12.1 Å². The molecule has 0 atom stereocenters. The van der Waals surface area contributed by atoms with Gasteiger partial charge in [-0.3, -0.25) is 0 Å². The zero-order chi connectivity index (χ0) is 18.9. The number of fused-ring (bicyclic) bond motifs is 1. The van der Waals surface area contributed by atoms with Crippen LogP contribution in [-0.4, -0.2) is 27.9 Å². The normalized spacial score (nSPS) is 11.5. The number of aromatic nitrogens is 2. The van der Waals surface area contributed by atoms with Gasteiger partial charge in [0.2, 0.25) is 0 Å². The third-order valence-corrected chi connectivity index (χ3v) is 3.68. The van der Waals surface area contributed by atoms with E-state index in [9.17, 15) is 23.1 Å². The predicted octanol–water partition coefficient (Wildman–Crippen LogP) is 4.20. The summed E-state index contributed by atoms with van der Waals surface area (Å²) in [5.41, 5.74) is -0.0913. The summed E-state index contributed by atoms with van der Waals surface area (Å²) in [4.78, 5) is 11.8. The monoisotopic (exact) mass is 362 g/mol. The van der Waals surface area contributed by atoms with Crippen LogP contribution in [0.15, 0.2) is 42.5 Å². The van der Waals surface area contributed by atoms with E-state index in [1.807, 2.05) is 0 Å². The Balaban J connectivity index is 2.06. The maximum absolute atomic E-state index is 12.9. The zero-order valence-corrected chi connectivity index (χ0v) is 13.5. The molecule has 8 heteroatoms. The van der Waals surface area contributed by atoms with Crippen molar-refractivity contribution in [2.75, 3.05) is 6.61 Å². The number of ether oxygens (including phenoxy) is 1. The number of hydrogen-bond acceptors (Lipinski definition) is 5. The van der Waals surface area contributed by atoms with Crippen molar-refractivity contribution < 1.29 is 27.8 Å². The average molecular weight is 362 g/mol. The van der Waals surface area contributed by atoms with E-state index in [2.05, 4.69) is 10.2 Å². The number of rotatable bonds is 3. The fourth-order valence-electron chi connectivity index (χ4n) is 2.46. The van der Waals surface area contributed by atoms with Crippen LogP contribution in [0, 0.1) is 0 Å². The van der Waals surface area contributed by atoms with Crippen molar-refractivity contribution in [2.24, 2.45) is 0 Å².